The molecule has 0 aromatic heterocycles. The van der Waals surface area contributed by atoms with Gasteiger partial charge in [0.05, 0.1) is 11.7 Å². The average Bonchev–Trinajstić information content (AvgIpc) is 2.36. The fourth-order valence-electron chi connectivity index (χ4n) is 2.23. The summed E-state index contributed by atoms with van der Waals surface area (Å²) in [6.07, 6.45) is 1.30. The Morgan fingerprint density at radius 1 is 1.39 bits per heavy atom. The molecule has 0 bridgehead atoms. The van der Waals surface area contributed by atoms with E-state index in [-0.39, 0.29) is 5.82 Å². The van der Waals surface area contributed by atoms with Gasteiger partial charge in [0.2, 0.25) is 0 Å². The highest BCUT2D eigenvalue weighted by Gasteiger charge is 2.34. The van der Waals surface area contributed by atoms with Crippen molar-refractivity contribution in [3.05, 3.63) is 34.1 Å². The monoisotopic (exact) mass is 318 g/mol. The molecule has 1 unspecified atom stereocenters. The molecule has 0 heterocycles. The van der Waals surface area contributed by atoms with E-state index in [1.807, 2.05) is 13.8 Å². The van der Waals surface area contributed by atoms with Gasteiger partial charge in [0.15, 0.2) is 0 Å². The van der Waals surface area contributed by atoms with Crippen molar-refractivity contribution >= 4 is 15.9 Å². The van der Waals surface area contributed by atoms with Gasteiger partial charge in [0.25, 0.3) is 0 Å². The largest absolute Gasteiger partial charge is 0.390 e. The molecule has 102 valence electrons. The maximum absolute atomic E-state index is 13.0. The lowest BCUT2D eigenvalue weighted by molar-refractivity contribution is -0.106. The molecule has 1 rings (SSSR count). The van der Waals surface area contributed by atoms with E-state index in [1.54, 1.807) is 13.2 Å². The number of benzene rings is 1. The summed E-state index contributed by atoms with van der Waals surface area (Å²) in [6, 6.07) is 4.50. The summed E-state index contributed by atoms with van der Waals surface area (Å²) in [5.74, 6) is -0.288. The SMILES string of the molecule is CCC(CC)(OC)C(O)Cc1ccc(F)cc1Br. The van der Waals surface area contributed by atoms with Crippen molar-refractivity contribution in [2.75, 3.05) is 7.11 Å². The predicted octanol–water partition coefficient (Wildman–Crippen LogP) is 3.70. The van der Waals surface area contributed by atoms with Crippen molar-refractivity contribution < 1.29 is 14.2 Å². The number of rotatable bonds is 6. The molecule has 0 aliphatic rings. The van der Waals surface area contributed by atoms with Gasteiger partial charge < -0.3 is 9.84 Å². The van der Waals surface area contributed by atoms with Crippen LogP contribution in [0.2, 0.25) is 0 Å². The van der Waals surface area contributed by atoms with Gasteiger partial charge in [0, 0.05) is 18.0 Å². The molecule has 2 nitrogen and oxygen atoms in total. The number of hydrogen-bond acceptors (Lipinski definition) is 2. The second-order valence-corrected chi connectivity index (χ2v) is 5.29. The van der Waals surface area contributed by atoms with Crippen LogP contribution in [0.5, 0.6) is 0 Å². The fraction of sp³-hybridized carbons (Fsp3) is 0.571. The second-order valence-electron chi connectivity index (χ2n) is 4.43. The number of aliphatic hydroxyl groups is 1. The molecule has 0 saturated carbocycles. The second kappa shape index (κ2) is 6.64. The molecule has 0 amide bonds. The zero-order chi connectivity index (χ0) is 13.8. The Hall–Kier alpha value is -0.450. The molecule has 18 heavy (non-hydrogen) atoms. The first kappa shape index (κ1) is 15.6. The summed E-state index contributed by atoms with van der Waals surface area (Å²) in [4.78, 5) is 0. The topological polar surface area (TPSA) is 29.5 Å². The summed E-state index contributed by atoms with van der Waals surface area (Å²) >= 11 is 3.32. The molecule has 0 aliphatic carbocycles. The van der Waals surface area contributed by atoms with Crippen molar-refractivity contribution in [3.63, 3.8) is 0 Å². The maximum Gasteiger partial charge on any atom is 0.124 e. The van der Waals surface area contributed by atoms with Gasteiger partial charge in [-0.05, 0) is 30.5 Å². The van der Waals surface area contributed by atoms with Crippen LogP contribution in [0.25, 0.3) is 0 Å². The van der Waals surface area contributed by atoms with Crippen LogP contribution in [0.15, 0.2) is 22.7 Å². The summed E-state index contributed by atoms with van der Waals surface area (Å²) in [6.45, 7) is 3.99. The van der Waals surface area contributed by atoms with Gasteiger partial charge in [-0.1, -0.05) is 35.8 Å². The molecule has 0 aliphatic heterocycles. The summed E-state index contributed by atoms with van der Waals surface area (Å²) in [5.41, 5.74) is 0.348. The van der Waals surface area contributed by atoms with E-state index >= 15 is 0 Å². The van der Waals surface area contributed by atoms with E-state index in [9.17, 15) is 9.50 Å². The van der Waals surface area contributed by atoms with Crippen molar-refractivity contribution in [3.8, 4) is 0 Å². The molecule has 0 saturated heterocycles. The highest BCUT2D eigenvalue weighted by molar-refractivity contribution is 9.10. The van der Waals surface area contributed by atoms with Gasteiger partial charge in [-0.15, -0.1) is 0 Å². The first-order chi connectivity index (χ1) is 8.49. The van der Waals surface area contributed by atoms with Crippen molar-refractivity contribution in [1.29, 1.82) is 0 Å². The fourth-order valence-corrected chi connectivity index (χ4v) is 2.74. The minimum absolute atomic E-state index is 0.288. The Labute approximate surface area is 116 Å². The highest BCUT2D eigenvalue weighted by atomic mass is 79.9. The number of halogens is 2. The number of hydrogen-bond donors (Lipinski definition) is 1. The van der Waals surface area contributed by atoms with E-state index in [1.165, 1.54) is 12.1 Å². The van der Waals surface area contributed by atoms with Crippen molar-refractivity contribution in [2.24, 2.45) is 0 Å². The molecular weight excluding hydrogens is 299 g/mol. The standard InChI is InChI=1S/C14H20BrFO2/c1-4-14(5-2,18-3)13(17)8-10-6-7-11(16)9-12(10)15/h6-7,9,13,17H,4-5,8H2,1-3H3. The lowest BCUT2D eigenvalue weighted by atomic mass is 9.86. The molecule has 4 heteroatoms. The maximum atomic E-state index is 13.0. The minimum atomic E-state index is -0.612. The van der Waals surface area contributed by atoms with Crippen molar-refractivity contribution in [2.45, 2.75) is 44.8 Å². The predicted molar refractivity (Wildman–Crippen MR) is 74.1 cm³/mol. The Morgan fingerprint density at radius 3 is 2.44 bits per heavy atom. The third-order valence-electron chi connectivity index (χ3n) is 3.64. The molecule has 0 fully saturated rings. The summed E-state index contributed by atoms with van der Waals surface area (Å²) < 4.78 is 19.2. The first-order valence-electron chi connectivity index (χ1n) is 6.16. The van der Waals surface area contributed by atoms with Crippen LogP contribution >= 0.6 is 15.9 Å². The molecule has 0 spiro atoms. The molecule has 1 N–H and O–H groups in total. The molecule has 1 aromatic rings. The zero-order valence-electron chi connectivity index (χ0n) is 11.0. The normalized spacial score (nSPS) is 13.7. The lowest BCUT2D eigenvalue weighted by Crippen LogP contribution is -2.44. The summed E-state index contributed by atoms with van der Waals surface area (Å²) in [5, 5.41) is 10.4. The van der Waals surface area contributed by atoms with Crippen LogP contribution in [-0.4, -0.2) is 23.9 Å². The number of ether oxygens (including phenoxy) is 1. The van der Waals surface area contributed by atoms with E-state index in [0.717, 1.165) is 18.4 Å². The molecular formula is C14H20BrFO2. The first-order valence-corrected chi connectivity index (χ1v) is 6.95. The molecule has 1 aromatic carbocycles. The van der Waals surface area contributed by atoms with Crippen LogP contribution in [0.4, 0.5) is 4.39 Å². The van der Waals surface area contributed by atoms with E-state index in [2.05, 4.69) is 15.9 Å². The van der Waals surface area contributed by atoms with E-state index in [0.29, 0.717) is 10.9 Å². The van der Waals surface area contributed by atoms with Gasteiger partial charge in [0.1, 0.15) is 5.82 Å². The Morgan fingerprint density at radius 2 is 2.00 bits per heavy atom. The van der Waals surface area contributed by atoms with E-state index in [4.69, 9.17) is 4.74 Å². The zero-order valence-corrected chi connectivity index (χ0v) is 12.6. The quantitative estimate of drug-likeness (QED) is 0.866. The van der Waals surface area contributed by atoms with Gasteiger partial charge in [-0.2, -0.15) is 0 Å². The van der Waals surface area contributed by atoms with E-state index < -0.39 is 11.7 Å². The molecule has 0 radical (unpaired) electrons. The third-order valence-corrected chi connectivity index (χ3v) is 4.38. The number of aliphatic hydroxyl groups excluding tert-OH is 1. The van der Waals surface area contributed by atoms with Gasteiger partial charge >= 0.3 is 0 Å². The van der Waals surface area contributed by atoms with Crippen LogP contribution in [0, 0.1) is 5.82 Å². The number of methoxy groups -OCH3 is 1. The van der Waals surface area contributed by atoms with Gasteiger partial charge in [-0.3, -0.25) is 0 Å². The van der Waals surface area contributed by atoms with Crippen molar-refractivity contribution in [1.82, 2.24) is 0 Å². The lowest BCUT2D eigenvalue weighted by Gasteiger charge is -2.35. The van der Waals surface area contributed by atoms with Crippen LogP contribution in [0.3, 0.4) is 0 Å². The summed E-state index contributed by atoms with van der Waals surface area (Å²) in [7, 11) is 1.62. The van der Waals surface area contributed by atoms with Crippen LogP contribution in [-0.2, 0) is 11.2 Å². The van der Waals surface area contributed by atoms with Crippen LogP contribution < -0.4 is 0 Å². The third kappa shape index (κ3) is 3.31. The van der Waals surface area contributed by atoms with Gasteiger partial charge in [-0.25, -0.2) is 4.39 Å². The Kier molecular flexibility index (Phi) is 5.76. The molecule has 1 atom stereocenters. The van der Waals surface area contributed by atoms with Crippen LogP contribution in [0.1, 0.15) is 32.3 Å². The smallest absolute Gasteiger partial charge is 0.124 e. The highest BCUT2D eigenvalue weighted by Crippen LogP contribution is 2.28. The minimum Gasteiger partial charge on any atom is -0.390 e. The Bertz CT molecular complexity index is 383. The Balaban J connectivity index is 2.89. The average molecular weight is 319 g/mol.